The number of aliphatic hydroxyl groups is 3. The van der Waals surface area contributed by atoms with Crippen LogP contribution in [0, 0.1) is 5.82 Å². The number of benzene rings is 2. The first-order chi connectivity index (χ1) is 13.8. The molecule has 0 aliphatic carbocycles. The van der Waals surface area contributed by atoms with Gasteiger partial charge in [-0.15, -0.1) is 0 Å². The van der Waals surface area contributed by atoms with Crippen LogP contribution >= 0.6 is 0 Å². The van der Waals surface area contributed by atoms with Crippen LogP contribution in [0.25, 0.3) is 11.1 Å². The van der Waals surface area contributed by atoms with Gasteiger partial charge in [-0.05, 0) is 47.4 Å². The number of hydrogen-bond donors (Lipinski definition) is 4. The molecule has 0 aromatic heterocycles. The fourth-order valence-corrected chi connectivity index (χ4v) is 3.16. The molecule has 29 heavy (non-hydrogen) atoms. The summed E-state index contributed by atoms with van der Waals surface area (Å²) in [6.45, 7) is 1.69. The van der Waals surface area contributed by atoms with Crippen molar-refractivity contribution in [2.45, 2.75) is 37.9 Å². The van der Waals surface area contributed by atoms with E-state index >= 15 is 0 Å². The lowest BCUT2D eigenvalue weighted by atomic mass is 9.97. The van der Waals surface area contributed by atoms with E-state index in [-0.39, 0.29) is 18.3 Å². The van der Waals surface area contributed by atoms with Gasteiger partial charge < -0.3 is 30.1 Å². The molecule has 0 radical (unpaired) electrons. The van der Waals surface area contributed by atoms with E-state index < -0.39 is 24.6 Å². The summed E-state index contributed by atoms with van der Waals surface area (Å²) in [5.41, 5.74) is 2.21. The molecule has 1 aliphatic rings. The summed E-state index contributed by atoms with van der Waals surface area (Å²) in [5.74, 6) is -0.175. The Kier molecular flexibility index (Phi) is 6.81. The molecule has 2 aromatic rings. The Morgan fingerprint density at radius 2 is 2.00 bits per heavy atom. The predicted molar refractivity (Wildman–Crippen MR) is 103 cm³/mol. The maximum absolute atomic E-state index is 13.8. The second kappa shape index (κ2) is 9.32. The summed E-state index contributed by atoms with van der Waals surface area (Å²) >= 11 is 0. The molecule has 7 nitrogen and oxygen atoms in total. The topological polar surface area (TPSA) is 108 Å². The van der Waals surface area contributed by atoms with Crippen molar-refractivity contribution < 1.29 is 34.0 Å². The van der Waals surface area contributed by atoms with Crippen LogP contribution in [0.15, 0.2) is 42.5 Å². The zero-order valence-electron chi connectivity index (χ0n) is 15.9. The van der Waals surface area contributed by atoms with E-state index in [9.17, 15) is 24.5 Å². The molecule has 0 bridgehead atoms. The van der Waals surface area contributed by atoms with Gasteiger partial charge in [0.1, 0.15) is 29.9 Å². The number of amides is 1. The number of carbonyl (C=O) groups is 1. The molecule has 0 spiro atoms. The highest BCUT2D eigenvalue weighted by molar-refractivity contribution is 5.73. The SMILES string of the molecule is CC(=O)NCCc1ccc(OC2OC[C@H](O)[C@H](O)[C@@H]2O)cc1-c1cccc(F)c1. The Balaban J connectivity index is 1.85. The van der Waals surface area contributed by atoms with Crippen LogP contribution in [-0.4, -0.2) is 59.0 Å². The molecule has 1 unspecified atom stereocenters. The average Bonchev–Trinajstić information content (AvgIpc) is 2.69. The Bertz CT molecular complexity index is 861. The summed E-state index contributed by atoms with van der Waals surface area (Å²) in [4.78, 5) is 11.1. The van der Waals surface area contributed by atoms with E-state index in [1.807, 2.05) is 0 Å². The van der Waals surface area contributed by atoms with Gasteiger partial charge in [-0.2, -0.15) is 0 Å². The quantitative estimate of drug-likeness (QED) is 0.571. The first-order valence-electron chi connectivity index (χ1n) is 9.31. The lowest BCUT2D eigenvalue weighted by molar-refractivity contribution is -0.242. The highest BCUT2D eigenvalue weighted by atomic mass is 19.1. The lowest BCUT2D eigenvalue weighted by Gasteiger charge is -2.35. The van der Waals surface area contributed by atoms with Gasteiger partial charge in [-0.3, -0.25) is 4.79 Å². The fraction of sp³-hybridized carbons (Fsp3) is 0.381. The molecule has 4 N–H and O–H groups in total. The highest BCUT2D eigenvalue weighted by Gasteiger charge is 2.39. The van der Waals surface area contributed by atoms with Gasteiger partial charge in [0.25, 0.3) is 0 Å². The van der Waals surface area contributed by atoms with Crippen LogP contribution in [-0.2, 0) is 16.0 Å². The maximum Gasteiger partial charge on any atom is 0.228 e. The fourth-order valence-electron chi connectivity index (χ4n) is 3.16. The molecule has 8 heteroatoms. The monoisotopic (exact) mass is 405 g/mol. The lowest BCUT2D eigenvalue weighted by Crippen LogP contribution is -2.54. The van der Waals surface area contributed by atoms with Crippen LogP contribution in [0.2, 0.25) is 0 Å². The van der Waals surface area contributed by atoms with Gasteiger partial charge in [-0.1, -0.05) is 18.2 Å². The molecule has 4 atom stereocenters. The van der Waals surface area contributed by atoms with Crippen LogP contribution in [0.1, 0.15) is 12.5 Å². The van der Waals surface area contributed by atoms with Crippen molar-refractivity contribution in [1.29, 1.82) is 0 Å². The van der Waals surface area contributed by atoms with E-state index in [1.54, 1.807) is 30.3 Å². The number of carbonyl (C=O) groups excluding carboxylic acids is 1. The van der Waals surface area contributed by atoms with Gasteiger partial charge in [-0.25, -0.2) is 4.39 Å². The van der Waals surface area contributed by atoms with Gasteiger partial charge in [0.05, 0.1) is 6.61 Å². The Hall–Kier alpha value is -2.52. The summed E-state index contributed by atoms with van der Waals surface area (Å²) in [6.07, 6.45) is -4.62. The first-order valence-corrected chi connectivity index (χ1v) is 9.31. The largest absolute Gasteiger partial charge is 0.462 e. The van der Waals surface area contributed by atoms with Crippen molar-refractivity contribution >= 4 is 5.91 Å². The van der Waals surface area contributed by atoms with Crippen LogP contribution in [0.5, 0.6) is 5.75 Å². The first kappa shape index (κ1) is 21.2. The van der Waals surface area contributed by atoms with Gasteiger partial charge in [0.2, 0.25) is 12.2 Å². The molecule has 3 rings (SSSR count). The third-order valence-corrected chi connectivity index (χ3v) is 4.69. The summed E-state index contributed by atoms with van der Waals surface area (Å²) < 4.78 is 24.7. The molecular formula is C21H24FNO6. The standard InChI is InChI=1S/C21H24FNO6/c1-12(24)23-8-7-13-5-6-16(10-17(13)14-3-2-4-15(22)9-14)29-21-20(27)19(26)18(25)11-28-21/h2-6,9-10,18-21,25-27H,7-8,11H2,1H3,(H,23,24)/t18-,19-,20-,21?/m0/s1. The number of aliphatic hydroxyl groups excluding tert-OH is 3. The van der Waals surface area contributed by atoms with E-state index in [2.05, 4.69) is 5.32 Å². The molecule has 1 aliphatic heterocycles. The number of ether oxygens (including phenoxy) is 2. The van der Waals surface area contributed by atoms with Crippen molar-refractivity contribution in [1.82, 2.24) is 5.32 Å². The zero-order valence-corrected chi connectivity index (χ0v) is 15.9. The highest BCUT2D eigenvalue weighted by Crippen LogP contribution is 2.30. The minimum absolute atomic E-state index is 0.138. The second-order valence-corrected chi connectivity index (χ2v) is 6.93. The van der Waals surface area contributed by atoms with Crippen molar-refractivity contribution in [2.24, 2.45) is 0 Å². The number of nitrogens with one attached hydrogen (secondary N) is 1. The number of rotatable bonds is 6. The van der Waals surface area contributed by atoms with Crippen molar-refractivity contribution in [3.63, 3.8) is 0 Å². The van der Waals surface area contributed by atoms with Crippen LogP contribution in [0.3, 0.4) is 0 Å². The van der Waals surface area contributed by atoms with Gasteiger partial charge >= 0.3 is 0 Å². The van der Waals surface area contributed by atoms with E-state index in [4.69, 9.17) is 9.47 Å². The molecular weight excluding hydrogens is 381 g/mol. The number of halogens is 1. The minimum Gasteiger partial charge on any atom is -0.462 e. The van der Waals surface area contributed by atoms with Crippen molar-refractivity contribution in [2.75, 3.05) is 13.2 Å². The van der Waals surface area contributed by atoms with E-state index in [0.29, 0.717) is 29.8 Å². The van der Waals surface area contributed by atoms with Crippen LogP contribution in [0.4, 0.5) is 4.39 Å². The molecule has 156 valence electrons. The summed E-state index contributed by atoms with van der Waals surface area (Å²) in [6, 6.07) is 11.2. The number of hydrogen-bond acceptors (Lipinski definition) is 6. The zero-order chi connectivity index (χ0) is 21.0. The molecule has 0 saturated carbocycles. The molecule has 1 fully saturated rings. The third kappa shape index (κ3) is 5.30. The summed E-state index contributed by atoms with van der Waals surface area (Å²) in [7, 11) is 0. The van der Waals surface area contributed by atoms with Crippen molar-refractivity contribution in [3.8, 4) is 16.9 Å². The molecule has 1 heterocycles. The van der Waals surface area contributed by atoms with Gasteiger partial charge in [0, 0.05) is 13.5 Å². The molecule has 2 aromatic carbocycles. The second-order valence-electron chi connectivity index (χ2n) is 6.93. The Morgan fingerprint density at radius 1 is 1.21 bits per heavy atom. The smallest absolute Gasteiger partial charge is 0.228 e. The predicted octanol–water partition coefficient (Wildman–Crippen LogP) is 0.989. The molecule has 1 saturated heterocycles. The van der Waals surface area contributed by atoms with E-state index in [1.165, 1.54) is 19.1 Å². The van der Waals surface area contributed by atoms with Crippen molar-refractivity contribution in [3.05, 3.63) is 53.8 Å². The summed E-state index contributed by atoms with van der Waals surface area (Å²) in [5, 5.41) is 32.2. The maximum atomic E-state index is 13.8. The average molecular weight is 405 g/mol. The normalized spacial score (nSPS) is 24.2. The van der Waals surface area contributed by atoms with Gasteiger partial charge in [0.15, 0.2) is 0 Å². The Morgan fingerprint density at radius 3 is 2.72 bits per heavy atom. The van der Waals surface area contributed by atoms with Crippen LogP contribution < -0.4 is 10.1 Å². The Labute approximate surface area is 167 Å². The molecule has 1 amide bonds. The third-order valence-electron chi connectivity index (χ3n) is 4.69. The minimum atomic E-state index is -1.42. The van der Waals surface area contributed by atoms with E-state index in [0.717, 1.165) is 5.56 Å².